The number of pyridine rings is 1. The van der Waals surface area contributed by atoms with E-state index < -0.39 is 17.5 Å². The zero-order valence-electron chi connectivity index (χ0n) is 11.5. The van der Waals surface area contributed by atoms with Crippen LogP contribution < -0.4 is 10.6 Å². The molecule has 2 rings (SSSR count). The summed E-state index contributed by atoms with van der Waals surface area (Å²) in [6.45, 7) is 2.79. The van der Waals surface area contributed by atoms with Gasteiger partial charge in [-0.1, -0.05) is 11.6 Å². The van der Waals surface area contributed by atoms with Crippen molar-refractivity contribution in [1.29, 1.82) is 0 Å². The van der Waals surface area contributed by atoms with Gasteiger partial charge in [0.05, 0.1) is 16.2 Å². The van der Waals surface area contributed by atoms with Crippen molar-refractivity contribution in [3.63, 3.8) is 0 Å². The molecule has 6 nitrogen and oxygen atoms in total. The Labute approximate surface area is 126 Å². The molecule has 0 unspecified atom stereocenters. The minimum atomic E-state index is -1.38. The molecule has 0 saturated heterocycles. The van der Waals surface area contributed by atoms with E-state index in [1.807, 2.05) is 0 Å². The molecule has 0 saturated carbocycles. The van der Waals surface area contributed by atoms with Crippen molar-refractivity contribution in [3.8, 4) is 0 Å². The summed E-state index contributed by atoms with van der Waals surface area (Å²) in [6, 6.07) is 6.16. The summed E-state index contributed by atoms with van der Waals surface area (Å²) in [6.07, 6.45) is 1.59. The SMILES string of the molecule is CC(C)(NC(=O)Nc1ccc(Cl)c2cccnc12)C(=O)O. The van der Waals surface area contributed by atoms with E-state index in [-0.39, 0.29) is 0 Å². The van der Waals surface area contributed by atoms with Gasteiger partial charge in [0.1, 0.15) is 5.54 Å². The Balaban J connectivity index is 2.27. The summed E-state index contributed by atoms with van der Waals surface area (Å²) in [5.41, 5.74) is -0.387. The highest BCUT2D eigenvalue weighted by atomic mass is 35.5. The van der Waals surface area contributed by atoms with Crippen molar-refractivity contribution in [1.82, 2.24) is 10.3 Å². The maximum absolute atomic E-state index is 11.9. The van der Waals surface area contributed by atoms with E-state index in [4.69, 9.17) is 16.7 Å². The molecule has 110 valence electrons. The quantitative estimate of drug-likeness (QED) is 0.813. The number of aromatic nitrogens is 1. The lowest BCUT2D eigenvalue weighted by Crippen LogP contribution is -2.51. The van der Waals surface area contributed by atoms with Crippen LogP contribution in [0.2, 0.25) is 5.02 Å². The van der Waals surface area contributed by atoms with Crippen LogP contribution in [0.3, 0.4) is 0 Å². The normalized spacial score (nSPS) is 11.2. The first-order valence-corrected chi connectivity index (χ1v) is 6.55. The van der Waals surface area contributed by atoms with E-state index in [1.54, 1.807) is 30.5 Å². The van der Waals surface area contributed by atoms with Gasteiger partial charge in [0.25, 0.3) is 0 Å². The molecule has 0 aliphatic rings. The largest absolute Gasteiger partial charge is 0.480 e. The summed E-state index contributed by atoms with van der Waals surface area (Å²) >= 11 is 6.07. The lowest BCUT2D eigenvalue weighted by atomic mass is 10.1. The third kappa shape index (κ3) is 3.22. The van der Waals surface area contributed by atoms with E-state index in [1.165, 1.54) is 13.8 Å². The molecule has 2 amide bonds. The maximum atomic E-state index is 11.9. The third-order valence-electron chi connectivity index (χ3n) is 2.93. The van der Waals surface area contributed by atoms with E-state index in [0.29, 0.717) is 21.6 Å². The number of carboxylic acids is 1. The van der Waals surface area contributed by atoms with Gasteiger partial charge in [-0.3, -0.25) is 4.98 Å². The number of anilines is 1. The minimum absolute atomic E-state index is 0.452. The summed E-state index contributed by atoms with van der Waals surface area (Å²) in [5.74, 6) is -1.13. The topological polar surface area (TPSA) is 91.3 Å². The molecule has 0 atom stereocenters. The Kier molecular flexibility index (Phi) is 3.99. The number of amides is 2. The third-order valence-corrected chi connectivity index (χ3v) is 3.25. The van der Waals surface area contributed by atoms with Gasteiger partial charge in [0.15, 0.2) is 0 Å². The number of rotatable bonds is 3. The predicted octanol–water partition coefficient (Wildman–Crippen LogP) is 2.87. The smallest absolute Gasteiger partial charge is 0.328 e. The van der Waals surface area contributed by atoms with Gasteiger partial charge < -0.3 is 15.7 Å². The second-order valence-corrected chi connectivity index (χ2v) is 5.41. The molecule has 0 bridgehead atoms. The van der Waals surface area contributed by atoms with Crippen LogP contribution >= 0.6 is 11.6 Å². The average Bonchev–Trinajstić information content (AvgIpc) is 2.41. The van der Waals surface area contributed by atoms with Gasteiger partial charge in [0.2, 0.25) is 0 Å². The first-order chi connectivity index (χ1) is 9.81. The lowest BCUT2D eigenvalue weighted by molar-refractivity contribution is -0.142. The summed E-state index contributed by atoms with van der Waals surface area (Å²) in [5, 5.41) is 15.2. The van der Waals surface area contributed by atoms with Crippen LogP contribution in [0.4, 0.5) is 10.5 Å². The standard InChI is InChI=1S/C14H14ClN3O3/c1-14(2,12(19)20)18-13(21)17-10-6-5-9(15)8-4-3-7-16-11(8)10/h3-7H,1-2H3,(H,19,20)(H2,17,18,21). The maximum Gasteiger partial charge on any atom is 0.328 e. The Morgan fingerprint density at radius 1 is 1.29 bits per heavy atom. The molecule has 0 radical (unpaired) electrons. The van der Waals surface area contributed by atoms with E-state index in [0.717, 1.165) is 0 Å². The number of carbonyl (C=O) groups is 2. The van der Waals surface area contributed by atoms with E-state index in [9.17, 15) is 9.59 Å². The number of nitrogens with one attached hydrogen (secondary N) is 2. The van der Waals surface area contributed by atoms with Gasteiger partial charge in [0, 0.05) is 11.6 Å². The second-order valence-electron chi connectivity index (χ2n) is 5.00. The number of nitrogens with zero attached hydrogens (tertiary/aromatic N) is 1. The first kappa shape index (κ1) is 15.1. The van der Waals surface area contributed by atoms with Crippen LogP contribution in [-0.2, 0) is 4.79 Å². The van der Waals surface area contributed by atoms with Crippen molar-refractivity contribution in [2.24, 2.45) is 0 Å². The Morgan fingerprint density at radius 2 is 2.00 bits per heavy atom. The number of benzene rings is 1. The molecule has 0 spiro atoms. The first-order valence-electron chi connectivity index (χ1n) is 6.17. The number of fused-ring (bicyclic) bond motifs is 1. The van der Waals surface area contributed by atoms with Crippen LogP contribution in [0.5, 0.6) is 0 Å². The molecule has 0 aliphatic heterocycles. The minimum Gasteiger partial charge on any atom is -0.480 e. The zero-order chi connectivity index (χ0) is 15.6. The highest BCUT2D eigenvalue weighted by molar-refractivity contribution is 6.35. The summed E-state index contributed by atoms with van der Waals surface area (Å²) in [7, 11) is 0. The van der Waals surface area contributed by atoms with Crippen LogP contribution in [-0.4, -0.2) is 27.6 Å². The molecule has 21 heavy (non-hydrogen) atoms. The number of aliphatic carboxylic acids is 1. The molecule has 1 aromatic carbocycles. The number of halogens is 1. The number of urea groups is 1. The van der Waals surface area contributed by atoms with Gasteiger partial charge in [-0.2, -0.15) is 0 Å². The van der Waals surface area contributed by atoms with Gasteiger partial charge in [-0.25, -0.2) is 9.59 Å². The molecule has 1 heterocycles. The number of carboxylic acid groups (broad SMARTS) is 1. The van der Waals surface area contributed by atoms with Crippen molar-refractivity contribution < 1.29 is 14.7 Å². The van der Waals surface area contributed by atoms with Gasteiger partial charge in [-0.15, -0.1) is 0 Å². The van der Waals surface area contributed by atoms with E-state index >= 15 is 0 Å². The Hall–Kier alpha value is -2.34. The van der Waals surface area contributed by atoms with Crippen molar-refractivity contribution >= 4 is 40.2 Å². The van der Waals surface area contributed by atoms with E-state index in [2.05, 4.69) is 15.6 Å². The fourth-order valence-electron chi connectivity index (χ4n) is 1.73. The molecule has 1 aromatic heterocycles. The monoisotopic (exact) mass is 307 g/mol. The molecular formula is C14H14ClN3O3. The molecule has 3 N–H and O–H groups in total. The van der Waals surface area contributed by atoms with Gasteiger partial charge in [-0.05, 0) is 38.1 Å². The lowest BCUT2D eigenvalue weighted by Gasteiger charge is -2.21. The van der Waals surface area contributed by atoms with Gasteiger partial charge >= 0.3 is 12.0 Å². The van der Waals surface area contributed by atoms with Crippen molar-refractivity contribution in [2.75, 3.05) is 5.32 Å². The molecular weight excluding hydrogens is 294 g/mol. The summed E-state index contributed by atoms with van der Waals surface area (Å²) in [4.78, 5) is 27.1. The van der Waals surface area contributed by atoms with Crippen molar-refractivity contribution in [3.05, 3.63) is 35.5 Å². The number of carbonyl (C=O) groups excluding carboxylic acids is 1. The molecule has 0 fully saturated rings. The number of hydrogen-bond donors (Lipinski definition) is 3. The second kappa shape index (κ2) is 5.57. The Bertz CT molecular complexity index is 716. The highest BCUT2D eigenvalue weighted by Gasteiger charge is 2.29. The van der Waals surface area contributed by atoms with Crippen LogP contribution in [0.15, 0.2) is 30.5 Å². The number of hydrogen-bond acceptors (Lipinski definition) is 3. The fraction of sp³-hybridized carbons (Fsp3) is 0.214. The summed E-state index contributed by atoms with van der Waals surface area (Å²) < 4.78 is 0. The van der Waals surface area contributed by atoms with Crippen LogP contribution in [0.1, 0.15) is 13.8 Å². The molecule has 0 aliphatic carbocycles. The van der Waals surface area contributed by atoms with Crippen LogP contribution in [0.25, 0.3) is 10.9 Å². The fourth-order valence-corrected chi connectivity index (χ4v) is 1.95. The van der Waals surface area contributed by atoms with Crippen molar-refractivity contribution in [2.45, 2.75) is 19.4 Å². The molecule has 2 aromatic rings. The predicted molar refractivity (Wildman–Crippen MR) is 80.6 cm³/mol. The highest BCUT2D eigenvalue weighted by Crippen LogP contribution is 2.27. The molecule has 7 heteroatoms. The Morgan fingerprint density at radius 3 is 2.67 bits per heavy atom. The average molecular weight is 308 g/mol. The zero-order valence-corrected chi connectivity index (χ0v) is 12.2. The van der Waals surface area contributed by atoms with Crippen LogP contribution in [0, 0.1) is 0 Å².